The number of hydrogen-bond donors (Lipinski definition) is 2. The van der Waals surface area contributed by atoms with Gasteiger partial charge in [-0.05, 0) is 57.2 Å². The first kappa shape index (κ1) is 21.7. The van der Waals surface area contributed by atoms with E-state index in [1.807, 2.05) is 13.8 Å². The number of aryl methyl sites for hydroxylation is 2. The summed E-state index contributed by atoms with van der Waals surface area (Å²) >= 11 is 0. The van der Waals surface area contributed by atoms with Gasteiger partial charge in [-0.1, -0.05) is 0 Å². The molecule has 9 heteroatoms. The number of nitrogens with one attached hydrogen (secondary N) is 1. The number of aromatic nitrogens is 2. The Balaban J connectivity index is 1.79. The predicted molar refractivity (Wildman–Crippen MR) is 115 cm³/mol. The first-order valence-corrected chi connectivity index (χ1v) is 9.63. The molecule has 160 valence electrons. The van der Waals surface area contributed by atoms with Crippen LogP contribution >= 0.6 is 0 Å². The van der Waals surface area contributed by atoms with Crippen LogP contribution in [0.2, 0.25) is 0 Å². The van der Waals surface area contributed by atoms with Crippen molar-refractivity contribution in [1.29, 1.82) is 0 Å². The van der Waals surface area contributed by atoms with Gasteiger partial charge in [0.2, 0.25) is 11.3 Å². The van der Waals surface area contributed by atoms with Crippen LogP contribution in [-0.2, 0) is 16.1 Å². The highest BCUT2D eigenvalue weighted by molar-refractivity contribution is 5.99. The van der Waals surface area contributed by atoms with Gasteiger partial charge in [0, 0.05) is 29.7 Å². The van der Waals surface area contributed by atoms with E-state index in [-0.39, 0.29) is 5.56 Å². The van der Waals surface area contributed by atoms with E-state index in [9.17, 15) is 19.2 Å². The van der Waals surface area contributed by atoms with E-state index in [0.717, 1.165) is 5.69 Å². The Kier molecular flexibility index (Phi) is 6.15. The standard InChI is InChI=1S/C22H22N4O5/c1-4-26-11-17(18(27)16-10-5-12(2)24-20(16)26)22(30)31-13(3)21(29)25-15-8-6-14(7-9-15)19(23)28/h5-11,13H,4H2,1-3H3,(H2,23,28)(H,25,29)/t13-/m0/s1. The van der Waals surface area contributed by atoms with Gasteiger partial charge >= 0.3 is 5.97 Å². The van der Waals surface area contributed by atoms with Gasteiger partial charge in [0.15, 0.2) is 6.10 Å². The summed E-state index contributed by atoms with van der Waals surface area (Å²) in [6.07, 6.45) is 0.233. The molecule has 3 aromatic rings. The van der Waals surface area contributed by atoms with E-state index in [4.69, 9.17) is 10.5 Å². The molecule has 1 aromatic carbocycles. The summed E-state index contributed by atoms with van der Waals surface area (Å²) in [4.78, 5) is 53.3. The van der Waals surface area contributed by atoms with Crippen molar-refractivity contribution in [2.24, 2.45) is 5.73 Å². The van der Waals surface area contributed by atoms with Gasteiger partial charge in [0.25, 0.3) is 5.91 Å². The molecule has 2 heterocycles. The highest BCUT2D eigenvalue weighted by atomic mass is 16.5. The molecule has 9 nitrogen and oxygen atoms in total. The predicted octanol–water partition coefficient (Wildman–Crippen LogP) is 2.01. The molecule has 31 heavy (non-hydrogen) atoms. The smallest absolute Gasteiger partial charge is 0.344 e. The second-order valence-corrected chi connectivity index (χ2v) is 6.96. The van der Waals surface area contributed by atoms with Crippen molar-refractivity contribution < 1.29 is 19.1 Å². The summed E-state index contributed by atoms with van der Waals surface area (Å²) in [5.74, 6) is -2.07. The third-order valence-corrected chi connectivity index (χ3v) is 4.71. The highest BCUT2D eigenvalue weighted by Gasteiger charge is 2.23. The number of carbonyl (C=O) groups is 3. The van der Waals surface area contributed by atoms with Gasteiger partial charge in [-0.2, -0.15) is 0 Å². The van der Waals surface area contributed by atoms with Gasteiger partial charge < -0.3 is 20.4 Å². The molecular formula is C22H22N4O5. The van der Waals surface area contributed by atoms with Gasteiger partial charge in [-0.15, -0.1) is 0 Å². The summed E-state index contributed by atoms with van der Waals surface area (Å²) in [5.41, 5.74) is 6.43. The van der Waals surface area contributed by atoms with Crippen LogP contribution in [0.3, 0.4) is 0 Å². The van der Waals surface area contributed by atoms with Gasteiger partial charge in [0.05, 0.1) is 5.39 Å². The summed E-state index contributed by atoms with van der Waals surface area (Å²) in [6.45, 7) is 5.57. The van der Waals surface area contributed by atoms with Crippen molar-refractivity contribution in [3.05, 3.63) is 69.6 Å². The summed E-state index contributed by atoms with van der Waals surface area (Å²) in [7, 11) is 0. The molecule has 3 rings (SSSR count). The Morgan fingerprint density at radius 1 is 1.16 bits per heavy atom. The third kappa shape index (κ3) is 4.61. The van der Waals surface area contributed by atoms with Crippen LogP contribution in [0.15, 0.2) is 47.4 Å². The number of primary amides is 1. The van der Waals surface area contributed by atoms with Crippen molar-refractivity contribution in [3.63, 3.8) is 0 Å². The largest absolute Gasteiger partial charge is 0.449 e. The second-order valence-electron chi connectivity index (χ2n) is 6.96. The average molecular weight is 422 g/mol. The van der Waals surface area contributed by atoms with Gasteiger partial charge in [0.1, 0.15) is 11.2 Å². The number of amides is 2. The first-order chi connectivity index (χ1) is 14.7. The molecule has 0 saturated heterocycles. The molecule has 0 saturated carbocycles. The normalized spacial score (nSPS) is 11.7. The Hall–Kier alpha value is -4.01. The maximum absolute atomic E-state index is 12.8. The first-order valence-electron chi connectivity index (χ1n) is 9.63. The Labute approximate surface area is 177 Å². The van der Waals surface area contributed by atoms with Crippen molar-refractivity contribution >= 4 is 34.5 Å². The minimum absolute atomic E-state index is 0.175. The topological polar surface area (TPSA) is 133 Å². The number of nitrogens with two attached hydrogens (primary N) is 1. The summed E-state index contributed by atoms with van der Waals surface area (Å²) in [6, 6.07) is 9.25. The molecule has 0 bridgehead atoms. The lowest BCUT2D eigenvalue weighted by atomic mass is 10.1. The average Bonchev–Trinajstić information content (AvgIpc) is 2.74. The molecule has 2 aromatic heterocycles. The molecule has 0 unspecified atom stereocenters. The molecule has 3 N–H and O–H groups in total. The van der Waals surface area contributed by atoms with Crippen molar-refractivity contribution in [2.45, 2.75) is 33.4 Å². The van der Waals surface area contributed by atoms with Gasteiger partial charge in [-0.25, -0.2) is 9.78 Å². The van der Waals surface area contributed by atoms with Crippen LogP contribution in [0.1, 0.15) is 40.3 Å². The van der Waals surface area contributed by atoms with E-state index in [1.54, 1.807) is 16.7 Å². The van der Waals surface area contributed by atoms with Crippen LogP contribution in [0.25, 0.3) is 11.0 Å². The number of esters is 1. The zero-order valence-corrected chi connectivity index (χ0v) is 17.3. The zero-order chi connectivity index (χ0) is 22.7. The van der Waals surface area contributed by atoms with Gasteiger partial charge in [-0.3, -0.25) is 14.4 Å². The van der Waals surface area contributed by atoms with E-state index in [0.29, 0.717) is 28.8 Å². The van der Waals surface area contributed by atoms with E-state index < -0.39 is 29.3 Å². The number of fused-ring (bicyclic) bond motifs is 1. The monoisotopic (exact) mass is 422 g/mol. The van der Waals surface area contributed by atoms with Crippen LogP contribution < -0.4 is 16.5 Å². The van der Waals surface area contributed by atoms with Crippen LogP contribution in [0.4, 0.5) is 5.69 Å². The third-order valence-electron chi connectivity index (χ3n) is 4.71. The molecule has 0 radical (unpaired) electrons. The Morgan fingerprint density at radius 2 is 1.84 bits per heavy atom. The number of pyridine rings is 2. The van der Waals surface area contributed by atoms with Crippen LogP contribution in [0, 0.1) is 6.92 Å². The Morgan fingerprint density at radius 3 is 2.45 bits per heavy atom. The maximum atomic E-state index is 12.8. The lowest BCUT2D eigenvalue weighted by Crippen LogP contribution is -2.32. The molecule has 1 atom stereocenters. The van der Waals surface area contributed by atoms with E-state index in [2.05, 4.69) is 10.3 Å². The zero-order valence-electron chi connectivity index (χ0n) is 17.3. The minimum Gasteiger partial charge on any atom is -0.449 e. The van der Waals surface area contributed by atoms with Crippen molar-refractivity contribution in [2.75, 3.05) is 5.32 Å². The molecule has 0 aliphatic carbocycles. The lowest BCUT2D eigenvalue weighted by Gasteiger charge is -2.15. The highest BCUT2D eigenvalue weighted by Crippen LogP contribution is 2.13. The summed E-state index contributed by atoms with van der Waals surface area (Å²) in [5, 5.41) is 2.88. The van der Waals surface area contributed by atoms with E-state index >= 15 is 0 Å². The second kappa shape index (κ2) is 8.78. The fourth-order valence-corrected chi connectivity index (χ4v) is 2.99. The fraction of sp³-hybridized carbons (Fsp3) is 0.227. The molecule has 2 amide bonds. The molecule has 0 aliphatic rings. The molecule has 0 fully saturated rings. The maximum Gasteiger partial charge on any atom is 0.344 e. The number of hydrogen-bond acceptors (Lipinski definition) is 6. The summed E-state index contributed by atoms with van der Waals surface area (Å²) < 4.78 is 6.91. The van der Waals surface area contributed by atoms with Crippen LogP contribution in [-0.4, -0.2) is 33.4 Å². The van der Waals surface area contributed by atoms with Crippen molar-refractivity contribution in [3.8, 4) is 0 Å². The lowest BCUT2D eigenvalue weighted by molar-refractivity contribution is -0.123. The van der Waals surface area contributed by atoms with Crippen molar-refractivity contribution in [1.82, 2.24) is 9.55 Å². The Bertz CT molecular complexity index is 1230. The number of rotatable bonds is 6. The number of carbonyl (C=O) groups excluding carboxylic acids is 3. The molecular weight excluding hydrogens is 400 g/mol. The molecule has 0 aliphatic heterocycles. The minimum atomic E-state index is -1.16. The number of anilines is 1. The van der Waals surface area contributed by atoms with E-state index in [1.165, 1.54) is 37.4 Å². The van der Waals surface area contributed by atoms with Crippen LogP contribution in [0.5, 0.6) is 0 Å². The SMILES string of the molecule is CCn1cc(C(=O)O[C@@H](C)C(=O)Nc2ccc(C(N)=O)cc2)c(=O)c2ccc(C)nc21. The molecule has 0 spiro atoms. The quantitative estimate of drug-likeness (QED) is 0.584. The number of benzene rings is 1. The number of ether oxygens (including phenoxy) is 1. The fourth-order valence-electron chi connectivity index (χ4n) is 2.99. The number of nitrogens with zero attached hydrogens (tertiary/aromatic N) is 2.